The summed E-state index contributed by atoms with van der Waals surface area (Å²) in [5.74, 6) is 0.157. The second kappa shape index (κ2) is 8.99. The molecule has 0 spiro atoms. The van der Waals surface area contributed by atoms with Crippen LogP contribution in [0, 0.1) is 5.92 Å². The Morgan fingerprint density at radius 2 is 1.74 bits per heavy atom. The highest BCUT2D eigenvalue weighted by molar-refractivity contribution is 6.06. The predicted octanol–water partition coefficient (Wildman–Crippen LogP) is -0.932. The molecule has 0 saturated carbocycles. The van der Waals surface area contributed by atoms with E-state index >= 15 is 0 Å². The number of carbonyl (C=O) groups excluding carboxylic acids is 3. The third-order valence-corrected chi connectivity index (χ3v) is 4.85. The molecule has 2 aliphatic rings. The van der Waals surface area contributed by atoms with Gasteiger partial charge in [0.2, 0.25) is 5.91 Å². The number of urea groups is 1. The Hall–Kier alpha value is -1.71. The molecule has 2 saturated heterocycles. The number of piperazine rings is 1. The zero-order chi connectivity index (χ0) is 20.2. The number of amides is 4. The molecule has 0 radical (unpaired) electrons. The van der Waals surface area contributed by atoms with Crippen molar-refractivity contribution in [1.29, 1.82) is 0 Å². The van der Waals surface area contributed by atoms with Gasteiger partial charge in [-0.1, -0.05) is 13.8 Å². The molecule has 2 aliphatic heterocycles. The van der Waals surface area contributed by atoms with Gasteiger partial charge in [-0.05, 0) is 19.8 Å². The molecule has 2 fully saturated rings. The van der Waals surface area contributed by atoms with Gasteiger partial charge < -0.3 is 15.7 Å². The van der Waals surface area contributed by atoms with Gasteiger partial charge in [0.15, 0.2) is 0 Å². The first-order valence-electron chi connectivity index (χ1n) is 9.62. The van der Waals surface area contributed by atoms with Crippen molar-refractivity contribution < 1.29 is 19.5 Å². The van der Waals surface area contributed by atoms with Crippen LogP contribution < -0.4 is 10.6 Å². The third kappa shape index (κ3) is 6.15. The van der Waals surface area contributed by atoms with E-state index in [4.69, 9.17) is 0 Å². The molecule has 4 amide bonds. The lowest BCUT2D eigenvalue weighted by molar-refractivity contribution is -0.131. The molecular formula is C18H33N5O4. The molecule has 0 aromatic carbocycles. The zero-order valence-corrected chi connectivity index (χ0v) is 16.8. The van der Waals surface area contributed by atoms with Crippen LogP contribution in [0.25, 0.3) is 0 Å². The molecule has 2 heterocycles. The molecule has 27 heavy (non-hydrogen) atoms. The summed E-state index contributed by atoms with van der Waals surface area (Å²) in [4.78, 5) is 41.2. The van der Waals surface area contributed by atoms with Gasteiger partial charge in [0.1, 0.15) is 5.54 Å². The molecule has 2 rings (SSSR count). The van der Waals surface area contributed by atoms with Crippen LogP contribution in [0.4, 0.5) is 4.79 Å². The SMILES string of the molecule is CC(C)CNC(=O)CN1CCN(C[C@H](O)CN2C(=O)NC(C)(C)C2=O)CC1. The van der Waals surface area contributed by atoms with Crippen molar-refractivity contribution in [2.75, 3.05) is 52.4 Å². The van der Waals surface area contributed by atoms with Crippen LogP contribution in [0.3, 0.4) is 0 Å². The van der Waals surface area contributed by atoms with E-state index in [0.717, 1.165) is 31.1 Å². The molecule has 0 aromatic rings. The topological polar surface area (TPSA) is 105 Å². The first-order chi connectivity index (χ1) is 12.6. The quantitative estimate of drug-likeness (QED) is 0.468. The summed E-state index contributed by atoms with van der Waals surface area (Å²) in [5, 5.41) is 15.8. The van der Waals surface area contributed by atoms with Crippen LogP contribution in [0.1, 0.15) is 27.7 Å². The van der Waals surface area contributed by atoms with E-state index in [9.17, 15) is 19.5 Å². The van der Waals surface area contributed by atoms with Crippen LogP contribution in [0.5, 0.6) is 0 Å². The lowest BCUT2D eigenvalue weighted by Crippen LogP contribution is -2.52. The average molecular weight is 383 g/mol. The first kappa shape index (κ1) is 21.6. The maximum absolute atomic E-state index is 12.2. The van der Waals surface area contributed by atoms with E-state index in [1.165, 1.54) is 0 Å². The van der Waals surface area contributed by atoms with Crippen molar-refractivity contribution in [3.05, 3.63) is 0 Å². The molecule has 0 bridgehead atoms. The number of hydrogen-bond donors (Lipinski definition) is 3. The van der Waals surface area contributed by atoms with Crippen molar-refractivity contribution in [2.45, 2.75) is 39.3 Å². The van der Waals surface area contributed by atoms with Gasteiger partial charge in [-0.25, -0.2) is 4.79 Å². The lowest BCUT2D eigenvalue weighted by Gasteiger charge is -2.35. The Kier molecular flexibility index (Phi) is 7.19. The third-order valence-electron chi connectivity index (χ3n) is 4.85. The molecular weight excluding hydrogens is 350 g/mol. The highest BCUT2D eigenvalue weighted by Crippen LogP contribution is 2.17. The van der Waals surface area contributed by atoms with E-state index in [-0.39, 0.29) is 18.4 Å². The number of rotatable bonds is 8. The molecule has 154 valence electrons. The Balaban J connectivity index is 1.70. The fraction of sp³-hybridized carbons (Fsp3) is 0.833. The minimum Gasteiger partial charge on any atom is -0.390 e. The maximum atomic E-state index is 12.2. The lowest BCUT2D eigenvalue weighted by atomic mass is 10.1. The van der Waals surface area contributed by atoms with E-state index in [0.29, 0.717) is 25.6 Å². The summed E-state index contributed by atoms with van der Waals surface area (Å²) >= 11 is 0. The number of aliphatic hydroxyl groups is 1. The summed E-state index contributed by atoms with van der Waals surface area (Å²) in [7, 11) is 0. The second-order valence-corrected chi connectivity index (χ2v) is 8.40. The van der Waals surface area contributed by atoms with Gasteiger partial charge in [-0.15, -0.1) is 0 Å². The van der Waals surface area contributed by atoms with Crippen molar-refractivity contribution in [2.24, 2.45) is 5.92 Å². The predicted molar refractivity (Wildman–Crippen MR) is 101 cm³/mol. The monoisotopic (exact) mass is 383 g/mol. The molecule has 0 aliphatic carbocycles. The molecule has 1 atom stereocenters. The average Bonchev–Trinajstić information content (AvgIpc) is 2.76. The van der Waals surface area contributed by atoms with Crippen LogP contribution in [-0.4, -0.2) is 102 Å². The van der Waals surface area contributed by atoms with Crippen LogP contribution >= 0.6 is 0 Å². The summed E-state index contributed by atoms with van der Waals surface area (Å²) in [5.41, 5.74) is -0.918. The van der Waals surface area contributed by atoms with E-state index < -0.39 is 17.7 Å². The van der Waals surface area contributed by atoms with Crippen LogP contribution in [0.2, 0.25) is 0 Å². The van der Waals surface area contributed by atoms with Crippen molar-refractivity contribution >= 4 is 17.8 Å². The smallest absolute Gasteiger partial charge is 0.325 e. The zero-order valence-electron chi connectivity index (χ0n) is 16.8. The Morgan fingerprint density at radius 3 is 2.26 bits per heavy atom. The molecule has 0 unspecified atom stereocenters. The normalized spacial score (nSPS) is 22.2. The summed E-state index contributed by atoms with van der Waals surface area (Å²) in [6.07, 6.45) is -0.797. The number of hydrogen-bond acceptors (Lipinski definition) is 6. The minimum absolute atomic E-state index is 0.00802. The van der Waals surface area contributed by atoms with Crippen LogP contribution in [-0.2, 0) is 9.59 Å². The van der Waals surface area contributed by atoms with E-state index in [1.54, 1.807) is 13.8 Å². The summed E-state index contributed by atoms with van der Waals surface area (Å²) in [6, 6.07) is -0.457. The number of aliphatic hydroxyl groups excluding tert-OH is 1. The van der Waals surface area contributed by atoms with Crippen molar-refractivity contribution in [1.82, 2.24) is 25.3 Å². The highest BCUT2D eigenvalue weighted by atomic mass is 16.3. The number of β-amino-alcohol motifs (C(OH)–C–C–N with tert-alkyl or cyclic N) is 1. The van der Waals surface area contributed by atoms with Gasteiger partial charge >= 0.3 is 6.03 Å². The number of imide groups is 1. The van der Waals surface area contributed by atoms with Crippen LogP contribution in [0.15, 0.2) is 0 Å². The largest absolute Gasteiger partial charge is 0.390 e. The number of carbonyl (C=O) groups is 3. The van der Waals surface area contributed by atoms with Gasteiger partial charge in [-0.2, -0.15) is 0 Å². The Morgan fingerprint density at radius 1 is 1.15 bits per heavy atom. The van der Waals surface area contributed by atoms with Gasteiger partial charge in [0.25, 0.3) is 5.91 Å². The van der Waals surface area contributed by atoms with Gasteiger partial charge in [0, 0.05) is 39.3 Å². The standard InChI is InChI=1S/C18H33N5O4/c1-13(2)9-19-15(25)12-22-7-5-21(6-8-22)10-14(24)11-23-16(26)18(3,4)20-17(23)27/h13-14,24H,5-12H2,1-4H3,(H,19,25)(H,20,27)/t14-/m0/s1. The molecule has 9 nitrogen and oxygen atoms in total. The van der Waals surface area contributed by atoms with Crippen molar-refractivity contribution in [3.63, 3.8) is 0 Å². The number of nitrogens with one attached hydrogen (secondary N) is 2. The van der Waals surface area contributed by atoms with Gasteiger partial charge in [0.05, 0.1) is 19.2 Å². The van der Waals surface area contributed by atoms with Gasteiger partial charge in [-0.3, -0.25) is 24.3 Å². The fourth-order valence-corrected chi connectivity index (χ4v) is 3.26. The molecule has 0 aromatic heterocycles. The van der Waals surface area contributed by atoms with E-state index in [2.05, 4.69) is 34.3 Å². The van der Waals surface area contributed by atoms with E-state index in [1.807, 2.05) is 0 Å². The maximum Gasteiger partial charge on any atom is 0.325 e. The number of nitrogens with zero attached hydrogens (tertiary/aromatic N) is 3. The summed E-state index contributed by atoms with van der Waals surface area (Å²) in [6.45, 7) is 11.8. The fourth-order valence-electron chi connectivity index (χ4n) is 3.26. The summed E-state index contributed by atoms with van der Waals surface area (Å²) < 4.78 is 0. The first-order valence-corrected chi connectivity index (χ1v) is 9.62. The Labute approximate surface area is 161 Å². The second-order valence-electron chi connectivity index (χ2n) is 8.40. The highest BCUT2D eigenvalue weighted by Gasteiger charge is 2.44. The Bertz CT molecular complexity index is 558. The minimum atomic E-state index is -0.918. The molecule has 9 heteroatoms. The molecule has 3 N–H and O–H groups in total. The van der Waals surface area contributed by atoms with Crippen molar-refractivity contribution in [3.8, 4) is 0 Å².